The first kappa shape index (κ1) is 21.4. The number of piperazine rings is 1. The van der Waals surface area contributed by atoms with Gasteiger partial charge in [0.25, 0.3) is 5.91 Å². The summed E-state index contributed by atoms with van der Waals surface area (Å²) in [6.45, 7) is 6.44. The minimum absolute atomic E-state index is 0.0459. The summed E-state index contributed by atoms with van der Waals surface area (Å²) in [6.07, 6.45) is 0.950. The lowest BCUT2D eigenvalue weighted by atomic mass is 10.2. The van der Waals surface area contributed by atoms with Crippen LogP contribution in [0.4, 0.5) is 5.69 Å². The van der Waals surface area contributed by atoms with Gasteiger partial charge in [-0.3, -0.25) is 9.69 Å². The van der Waals surface area contributed by atoms with Gasteiger partial charge >= 0.3 is 0 Å². The van der Waals surface area contributed by atoms with E-state index in [0.29, 0.717) is 18.7 Å². The number of hydrogen-bond acceptors (Lipinski definition) is 5. The Balaban J connectivity index is 1.15. The zero-order valence-electron chi connectivity index (χ0n) is 17.7. The van der Waals surface area contributed by atoms with E-state index in [1.54, 1.807) is 11.3 Å². The summed E-state index contributed by atoms with van der Waals surface area (Å²) in [6, 6.07) is 22.0. The van der Waals surface area contributed by atoms with Crippen LogP contribution in [-0.2, 0) is 6.61 Å². The largest absolute Gasteiger partial charge is 0.488 e. The van der Waals surface area contributed by atoms with Crippen molar-refractivity contribution in [3.8, 4) is 5.75 Å². The van der Waals surface area contributed by atoms with E-state index in [2.05, 4.69) is 45.4 Å². The highest BCUT2D eigenvalue weighted by atomic mass is 32.1. The lowest BCUT2D eigenvalue weighted by molar-refractivity contribution is 0.0951. The number of rotatable bonds is 9. The van der Waals surface area contributed by atoms with Crippen molar-refractivity contribution in [2.75, 3.05) is 44.2 Å². The van der Waals surface area contributed by atoms with Crippen LogP contribution < -0.4 is 15.0 Å². The Morgan fingerprint density at radius 3 is 2.58 bits per heavy atom. The van der Waals surface area contributed by atoms with Gasteiger partial charge < -0.3 is 15.0 Å². The van der Waals surface area contributed by atoms with Crippen molar-refractivity contribution in [3.05, 3.63) is 82.6 Å². The van der Waals surface area contributed by atoms with E-state index in [1.807, 2.05) is 41.8 Å². The van der Waals surface area contributed by atoms with Crippen molar-refractivity contribution in [2.24, 2.45) is 0 Å². The average Bonchev–Trinajstić information content (AvgIpc) is 3.35. The van der Waals surface area contributed by atoms with Crippen molar-refractivity contribution in [2.45, 2.75) is 13.0 Å². The van der Waals surface area contributed by atoms with Crippen LogP contribution in [0.5, 0.6) is 5.75 Å². The number of anilines is 1. The summed E-state index contributed by atoms with van der Waals surface area (Å²) in [4.78, 5) is 18.6. The summed E-state index contributed by atoms with van der Waals surface area (Å²) in [7, 11) is 0. The molecule has 1 aromatic heterocycles. The molecule has 0 saturated carbocycles. The Morgan fingerprint density at radius 1 is 0.968 bits per heavy atom. The minimum atomic E-state index is -0.0459. The van der Waals surface area contributed by atoms with Gasteiger partial charge in [-0.2, -0.15) is 0 Å². The number of amides is 1. The second-order valence-corrected chi connectivity index (χ2v) is 8.70. The van der Waals surface area contributed by atoms with Crippen LogP contribution >= 0.6 is 11.3 Å². The van der Waals surface area contributed by atoms with Crippen molar-refractivity contribution in [3.63, 3.8) is 0 Å². The third kappa shape index (κ3) is 6.32. The Labute approximate surface area is 188 Å². The summed E-state index contributed by atoms with van der Waals surface area (Å²) >= 11 is 1.67. The van der Waals surface area contributed by atoms with Gasteiger partial charge in [-0.15, -0.1) is 11.3 Å². The maximum Gasteiger partial charge on any atom is 0.251 e. The molecule has 162 valence electrons. The number of thiophene rings is 1. The lowest BCUT2D eigenvalue weighted by Gasteiger charge is -2.36. The zero-order chi connectivity index (χ0) is 21.3. The molecule has 1 fully saturated rings. The first-order chi connectivity index (χ1) is 15.3. The van der Waals surface area contributed by atoms with Gasteiger partial charge in [0.1, 0.15) is 12.4 Å². The maximum absolute atomic E-state index is 12.5. The monoisotopic (exact) mass is 435 g/mol. The Morgan fingerprint density at radius 2 is 1.81 bits per heavy atom. The molecule has 1 N–H and O–H groups in total. The number of carbonyl (C=O) groups is 1. The molecule has 5 nitrogen and oxygen atoms in total. The molecule has 0 aliphatic carbocycles. The normalized spacial score (nSPS) is 14.4. The van der Waals surface area contributed by atoms with Crippen LogP contribution in [0.3, 0.4) is 0 Å². The number of nitrogens with zero attached hydrogens (tertiary/aromatic N) is 2. The third-order valence-electron chi connectivity index (χ3n) is 5.49. The van der Waals surface area contributed by atoms with E-state index >= 15 is 0 Å². The summed E-state index contributed by atoms with van der Waals surface area (Å²) in [5, 5.41) is 5.07. The van der Waals surface area contributed by atoms with Crippen molar-refractivity contribution in [1.29, 1.82) is 0 Å². The van der Waals surface area contributed by atoms with Crippen molar-refractivity contribution >= 4 is 22.9 Å². The molecule has 1 amide bonds. The molecular formula is C25H29N3O2S. The highest BCUT2D eigenvalue weighted by Crippen LogP contribution is 2.18. The van der Waals surface area contributed by atoms with Crippen LogP contribution in [0.25, 0.3) is 0 Å². The Bertz CT molecular complexity index is 938. The molecule has 1 aliphatic heterocycles. The molecule has 31 heavy (non-hydrogen) atoms. The summed E-state index contributed by atoms with van der Waals surface area (Å²) in [5.74, 6) is 0.674. The molecule has 1 saturated heterocycles. The second kappa shape index (κ2) is 11.0. The maximum atomic E-state index is 12.5. The fraction of sp³-hybridized carbons (Fsp3) is 0.320. The van der Waals surface area contributed by atoms with Crippen LogP contribution in [0.2, 0.25) is 0 Å². The molecule has 3 aromatic rings. The van der Waals surface area contributed by atoms with Gasteiger partial charge in [0.2, 0.25) is 0 Å². The number of nitrogens with one attached hydrogen (secondary N) is 1. The van der Waals surface area contributed by atoms with Crippen LogP contribution in [-0.4, -0.2) is 50.1 Å². The molecule has 2 aromatic carbocycles. The van der Waals surface area contributed by atoms with E-state index in [-0.39, 0.29) is 5.91 Å². The van der Waals surface area contributed by atoms with Gasteiger partial charge in [-0.1, -0.05) is 30.3 Å². The van der Waals surface area contributed by atoms with Gasteiger partial charge in [0, 0.05) is 48.9 Å². The van der Waals surface area contributed by atoms with E-state index < -0.39 is 0 Å². The number of para-hydroxylation sites is 1. The van der Waals surface area contributed by atoms with Gasteiger partial charge in [-0.25, -0.2) is 0 Å². The zero-order valence-corrected chi connectivity index (χ0v) is 18.5. The smallest absolute Gasteiger partial charge is 0.251 e. The third-order valence-corrected chi connectivity index (χ3v) is 6.34. The lowest BCUT2D eigenvalue weighted by Crippen LogP contribution is -2.47. The van der Waals surface area contributed by atoms with Crippen LogP contribution in [0.1, 0.15) is 21.7 Å². The Hall–Kier alpha value is -2.83. The van der Waals surface area contributed by atoms with Gasteiger partial charge in [0.15, 0.2) is 0 Å². The van der Waals surface area contributed by atoms with Crippen molar-refractivity contribution in [1.82, 2.24) is 10.2 Å². The predicted molar refractivity (Wildman–Crippen MR) is 127 cm³/mol. The highest BCUT2D eigenvalue weighted by Gasteiger charge is 2.16. The number of benzene rings is 2. The van der Waals surface area contributed by atoms with Crippen LogP contribution in [0.15, 0.2) is 72.1 Å². The molecular weight excluding hydrogens is 406 g/mol. The molecule has 0 atom stereocenters. The molecule has 0 bridgehead atoms. The number of ether oxygens (including phenoxy) is 1. The fourth-order valence-electron chi connectivity index (χ4n) is 3.75. The highest BCUT2D eigenvalue weighted by molar-refractivity contribution is 7.09. The molecule has 2 heterocycles. The summed E-state index contributed by atoms with van der Waals surface area (Å²) in [5.41, 5.74) is 1.94. The SMILES string of the molecule is O=C(NCCCN1CCN(c2ccccc2)CC1)c1cccc(OCc2cccs2)c1. The summed E-state index contributed by atoms with van der Waals surface area (Å²) < 4.78 is 5.81. The number of hydrogen-bond donors (Lipinski definition) is 1. The first-order valence-electron chi connectivity index (χ1n) is 10.8. The predicted octanol–water partition coefficient (Wildman–Crippen LogP) is 4.27. The molecule has 0 radical (unpaired) electrons. The van der Waals surface area contributed by atoms with E-state index in [0.717, 1.165) is 44.9 Å². The minimum Gasteiger partial charge on any atom is -0.488 e. The molecule has 6 heteroatoms. The standard InChI is InChI=1S/C25H29N3O2S/c29-25(21-7-4-10-23(19-21)30-20-24-11-5-18-31-24)26-12-6-13-27-14-16-28(17-15-27)22-8-2-1-3-9-22/h1-5,7-11,18-19H,6,12-17,20H2,(H,26,29). The average molecular weight is 436 g/mol. The van der Waals surface area contributed by atoms with Gasteiger partial charge in [-0.05, 0) is 54.7 Å². The van der Waals surface area contributed by atoms with E-state index in [4.69, 9.17) is 4.74 Å². The second-order valence-electron chi connectivity index (χ2n) is 7.67. The topological polar surface area (TPSA) is 44.8 Å². The molecule has 1 aliphatic rings. The quantitative estimate of drug-likeness (QED) is 0.510. The van der Waals surface area contributed by atoms with Gasteiger partial charge in [0.05, 0.1) is 0 Å². The first-order valence-corrected chi connectivity index (χ1v) is 11.7. The van der Waals surface area contributed by atoms with Crippen LogP contribution in [0, 0.1) is 0 Å². The molecule has 0 unspecified atom stereocenters. The molecule has 4 rings (SSSR count). The van der Waals surface area contributed by atoms with E-state index in [9.17, 15) is 4.79 Å². The fourth-order valence-corrected chi connectivity index (χ4v) is 4.37. The van der Waals surface area contributed by atoms with E-state index in [1.165, 1.54) is 10.6 Å². The number of carbonyl (C=O) groups excluding carboxylic acids is 1. The Kier molecular flexibility index (Phi) is 7.58. The molecule has 0 spiro atoms. The van der Waals surface area contributed by atoms with Crippen molar-refractivity contribution < 1.29 is 9.53 Å².